The quantitative estimate of drug-likeness (QED) is 0.195. The maximum Gasteiger partial charge on any atom is 0.223 e. The molecule has 2 aromatic carbocycles. The van der Waals surface area contributed by atoms with Gasteiger partial charge in [-0.05, 0) is 53.8 Å². The molecule has 2 N–H and O–H groups in total. The molecule has 0 saturated heterocycles. The van der Waals surface area contributed by atoms with E-state index in [1.165, 1.54) is 51.4 Å². The Labute approximate surface area is 246 Å². The Bertz CT molecular complexity index is 1090. The van der Waals surface area contributed by atoms with Crippen molar-refractivity contribution in [2.45, 2.75) is 83.5 Å². The van der Waals surface area contributed by atoms with Crippen molar-refractivity contribution in [1.82, 2.24) is 5.32 Å². The van der Waals surface area contributed by atoms with Gasteiger partial charge in [0.25, 0.3) is 0 Å². The van der Waals surface area contributed by atoms with Crippen molar-refractivity contribution >= 4 is 5.91 Å². The minimum absolute atomic E-state index is 0.00844. The first-order valence-electron chi connectivity index (χ1n) is 15.4. The van der Waals surface area contributed by atoms with Gasteiger partial charge in [0.1, 0.15) is 0 Å². The van der Waals surface area contributed by atoms with Crippen molar-refractivity contribution < 1.29 is 28.8 Å². The number of carbonyl (C=O) groups excluding carboxylic acids is 1. The molecule has 1 aliphatic carbocycles. The Morgan fingerprint density at radius 2 is 1.34 bits per heavy atom. The molecular formula is C34H51NO6. The van der Waals surface area contributed by atoms with E-state index in [9.17, 15) is 9.90 Å². The average molecular weight is 570 g/mol. The summed E-state index contributed by atoms with van der Waals surface area (Å²) < 4.78 is 22.3. The molecule has 0 aliphatic heterocycles. The van der Waals surface area contributed by atoms with Crippen LogP contribution in [0, 0.1) is 11.8 Å². The van der Waals surface area contributed by atoms with Crippen LogP contribution in [-0.2, 0) is 11.2 Å². The van der Waals surface area contributed by atoms with E-state index in [1.54, 1.807) is 28.4 Å². The van der Waals surface area contributed by atoms with Gasteiger partial charge in [-0.2, -0.15) is 0 Å². The number of amides is 1. The van der Waals surface area contributed by atoms with E-state index < -0.39 is 0 Å². The molecule has 3 rings (SSSR count). The molecule has 7 heteroatoms. The van der Waals surface area contributed by atoms with Crippen molar-refractivity contribution in [3.63, 3.8) is 0 Å². The van der Waals surface area contributed by atoms with E-state index in [0.29, 0.717) is 36.0 Å². The lowest BCUT2D eigenvalue weighted by Gasteiger charge is -2.39. The molecule has 0 saturated carbocycles. The number of unbranched alkanes of at least 4 members (excludes halogenated alkanes) is 9. The number of methoxy groups -OCH3 is 4. The van der Waals surface area contributed by atoms with Gasteiger partial charge in [-0.25, -0.2) is 0 Å². The van der Waals surface area contributed by atoms with Gasteiger partial charge in [0, 0.05) is 30.9 Å². The van der Waals surface area contributed by atoms with Gasteiger partial charge in [-0.3, -0.25) is 4.79 Å². The number of fused-ring (bicyclic) bond motifs is 1. The number of nitrogens with one attached hydrogen (secondary N) is 1. The molecule has 1 aliphatic rings. The van der Waals surface area contributed by atoms with Crippen LogP contribution in [0.1, 0.15) is 93.7 Å². The standard InChI is InChI=1S/C34H51NO6/c1-6-7-8-9-10-11-12-13-14-15-18-35-34(37)27-19-25-21-31(40-4)32(41-5)22-26(25)33(28(27)23-36)24-16-17-29(38-2)30(20-24)39-3/h16-17,20-22,27-28,33,36H,6-15,18-19,23H2,1-5H3,(H,35,37). The molecule has 0 radical (unpaired) electrons. The molecule has 2 aromatic rings. The molecule has 0 heterocycles. The van der Waals surface area contributed by atoms with E-state index >= 15 is 0 Å². The second-order valence-electron chi connectivity index (χ2n) is 11.1. The van der Waals surface area contributed by atoms with Crippen molar-refractivity contribution in [2.75, 3.05) is 41.6 Å². The highest BCUT2D eigenvalue weighted by atomic mass is 16.5. The highest BCUT2D eigenvalue weighted by Gasteiger charge is 2.41. The Kier molecular flexibility index (Phi) is 13.6. The van der Waals surface area contributed by atoms with Crippen molar-refractivity contribution in [1.29, 1.82) is 0 Å². The average Bonchev–Trinajstić information content (AvgIpc) is 3.01. The Hall–Kier alpha value is -2.93. The van der Waals surface area contributed by atoms with Crippen molar-refractivity contribution in [3.8, 4) is 23.0 Å². The number of carbonyl (C=O) groups is 1. The van der Waals surface area contributed by atoms with Crippen LogP contribution in [0.2, 0.25) is 0 Å². The molecule has 0 spiro atoms. The topological polar surface area (TPSA) is 86.3 Å². The van der Waals surface area contributed by atoms with Gasteiger partial charge in [0.2, 0.25) is 5.91 Å². The number of aliphatic hydroxyl groups is 1. The molecule has 228 valence electrons. The normalized spacial score (nSPS) is 18.0. The fraction of sp³-hybridized carbons (Fsp3) is 0.618. The zero-order chi connectivity index (χ0) is 29.6. The number of ether oxygens (including phenoxy) is 4. The predicted octanol–water partition coefficient (Wildman–Crippen LogP) is 6.67. The van der Waals surface area contributed by atoms with Crippen molar-refractivity contribution in [2.24, 2.45) is 11.8 Å². The van der Waals surface area contributed by atoms with E-state index in [0.717, 1.165) is 29.5 Å². The Balaban J connectivity index is 1.73. The van der Waals surface area contributed by atoms with Gasteiger partial charge in [-0.1, -0.05) is 70.8 Å². The SMILES string of the molecule is CCCCCCCCCCCCNC(=O)C1Cc2cc(OC)c(OC)cc2C(c2ccc(OC)c(OC)c2)C1CO. The minimum atomic E-state index is -0.383. The summed E-state index contributed by atoms with van der Waals surface area (Å²) in [7, 11) is 6.45. The second-order valence-corrected chi connectivity index (χ2v) is 11.1. The molecule has 0 aromatic heterocycles. The number of benzene rings is 2. The second kappa shape index (κ2) is 17.1. The zero-order valence-electron chi connectivity index (χ0n) is 25.8. The summed E-state index contributed by atoms with van der Waals surface area (Å²) in [5, 5.41) is 13.9. The first kappa shape index (κ1) is 32.6. The molecular weight excluding hydrogens is 518 g/mol. The first-order valence-corrected chi connectivity index (χ1v) is 15.4. The smallest absolute Gasteiger partial charge is 0.223 e. The van der Waals surface area contributed by atoms with Crippen LogP contribution in [-0.4, -0.2) is 52.6 Å². The molecule has 1 amide bonds. The van der Waals surface area contributed by atoms with Gasteiger partial charge >= 0.3 is 0 Å². The maximum atomic E-state index is 13.6. The summed E-state index contributed by atoms with van der Waals surface area (Å²) in [4.78, 5) is 13.6. The van der Waals surface area contributed by atoms with Gasteiger partial charge < -0.3 is 29.4 Å². The van der Waals surface area contributed by atoms with E-state index in [4.69, 9.17) is 18.9 Å². The van der Waals surface area contributed by atoms with Crippen molar-refractivity contribution in [3.05, 3.63) is 47.0 Å². The molecule has 7 nitrogen and oxygen atoms in total. The summed E-state index contributed by atoms with van der Waals surface area (Å²) in [5.74, 6) is 1.55. The summed E-state index contributed by atoms with van der Waals surface area (Å²) in [6.07, 6.45) is 13.1. The lowest BCUT2D eigenvalue weighted by atomic mass is 9.66. The molecule has 0 fully saturated rings. The highest BCUT2D eigenvalue weighted by molar-refractivity contribution is 5.80. The highest BCUT2D eigenvalue weighted by Crippen LogP contribution is 2.48. The lowest BCUT2D eigenvalue weighted by molar-refractivity contribution is -0.127. The molecule has 3 atom stereocenters. The van der Waals surface area contributed by atoms with E-state index in [-0.39, 0.29) is 30.3 Å². The number of hydrogen-bond acceptors (Lipinski definition) is 6. The summed E-state index contributed by atoms with van der Waals surface area (Å²) in [5.41, 5.74) is 2.99. The number of aliphatic hydroxyl groups excluding tert-OH is 1. The number of rotatable bonds is 18. The summed E-state index contributed by atoms with van der Waals surface area (Å²) >= 11 is 0. The lowest BCUT2D eigenvalue weighted by Crippen LogP contribution is -2.43. The van der Waals surface area contributed by atoms with Crippen LogP contribution in [0.3, 0.4) is 0 Å². The molecule has 3 unspecified atom stereocenters. The Morgan fingerprint density at radius 3 is 1.93 bits per heavy atom. The molecule has 41 heavy (non-hydrogen) atoms. The van der Waals surface area contributed by atoms with E-state index in [1.807, 2.05) is 30.3 Å². The first-order chi connectivity index (χ1) is 20.0. The predicted molar refractivity (Wildman–Crippen MR) is 164 cm³/mol. The largest absolute Gasteiger partial charge is 0.493 e. The minimum Gasteiger partial charge on any atom is -0.493 e. The summed E-state index contributed by atoms with van der Waals surface area (Å²) in [6.45, 7) is 2.79. The van der Waals surface area contributed by atoms with Crippen LogP contribution in [0.25, 0.3) is 0 Å². The summed E-state index contributed by atoms with van der Waals surface area (Å²) in [6, 6.07) is 9.75. The van der Waals surface area contributed by atoms with Crippen LogP contribution in [0.15, 0.2) is 30.3 Å². The molecule has 0 bridgehead atoms. The van der Waals surface area contributed by atoms with Crippen LogP contribution >= 0.6 is 0 Å². The fourth-order valence-electron chi connectivity index (χ4n) is 6.20. The monoisotopic (exact) mass is 569 g/mol. The third-order valence-corrected chi connectivity index (χ3v) is 8.51. The van der Waals surface area contributed by atoms with Crippen LogP contribution < -0.4 is 24.3 Å². The van der Waals surface area contributed by atoms with Crippen LogP contribution in [0.4, 0.5) is 0 Å². The Morgan fingerprint density at radius 1 is 0.780 bits per heavy atom. The van der Waals surface area contributed by atoms with Gasteiger partial charge in [0.05, 0.1) is 28.4 Å². The zero-order valence-corrected chi connectivity index (χ0v) is 25.8. The maximum absolute atomic E-state index is 13.6. The van der Waals surface area contributed by atoms with Gasteiger partial charge in [-0.15, -0.1) is 0 Å². The number of hydrogen-bond donors (Lipinski definition) is 2. The third kappa shape index (κ3) is 8.54. The van der Waals surface area contributed by atoms with E-state index in [2.05, 4.69) is 12.2 Å². The third-order valence-electron chi connectivity index (χ3n) is 8.51. The van der Waals surface area contributed by atoms with Crippen LogP contribution in [0.5, 0.6) is 23.0 Å². The fourth-order valence-corrected chi connectivity index (χ4v) is 6.20. The van der Waals surface area contributed by atoms with Gasteiger partial charge in [0.15, 0.2) is 23.0 Å².